The van der Waals surface area contributed by atoms with E-state index in [4.69, 9.17) is 0 Å². The Morgan fingerprint density at radius 2 is 1.71 bits per heavy atom. The number of rotatable bonds is 9. The zero-order valence-corrected chi connectivity index (χ0v) is 20.6. The van der Waals surface area contributed by atoms with Gasteiger partial charge in [-0.05, 0) is 48.6 Å². The zero-order chi connectivity index (χ0) is 24.1. The number of nitrogens with zero attached hydrogens (tertiary/aromatic N) is 2. The second kappa shape index (κ2) is 10.3. The number of carbonyl (C=O) groups excluding carboxylic acids is 1. The van der Waals surface area contributed by atoms with Crippen molar-refractivity contribution in [3.63, 3.8) is 0 Å². The van der Waals surface area contributed by atoms with Crippen LogP contribution in [0.1, 0.15) is 35.3 Å². The second-order valence-corrected chi connectivity index (χ2v) is 10.9. The minimum Gasteiger partial charge on any atom is -0.348 e. The van der Waals surface area contributed by atoms with E-state index in [2.05, 4.69) is 15.1 Å². The average Bonchev–Trinajstić information content (AvgIpc) is 3.48. The summed E-state index contributed by atoms with van der Waals surface area (Å²) >= 11 is 1.53. The summed E-state index contributed by atoms with van der Waals surface area (Å²) in [6, 6.07) is 20.6. The quantitative estimate of drug-likeness (QED) is 0.362. The molecule has 0 spiro atoms. The Morgan fingerprint density at radius 1 is 1.00 bits per heavy atom. The molecule has 176 valence electrons. The van der Waals surface area contributed by atoms with Gasteiger partial charge in [0.15, 0.2) is 0 Å². The molecule has 1 amide bonds. The topological polar surface area (TPSA) is 93.1 Å². The summed E-state index contributed by atoms with van der Waals surface area (Å²) < 4.78 is 28.5. The molecule has 0 atom stereocenters. The largest absolute Gasteiger partial charge is 0.348 e. The van der Waals surface area contributed by atoms with Crippen molar-refractivity contribution in [1.29, 1.82) is 0 Å². The van der Waals surface area contributed by atoms with E-state index in [0.29, 0.717) is 23.4 Å². The molecule has 0 aliphatic rings. The van der Waals surface area contributed by atoms with Gasteiger partial charge in [0.25, 0.3) is 5.91 Å². The van der Waals surface area contributed by atoms with Crippen LogP contribution < -0.4 is 10.0 Å². The summed E-state index contributed by atoms with van der Waals surface area (Å²) in [5.41, 5.74) is 3.56. The number of sulfonamides is 1. The molecule has 2 aromatic heterocycles. The van der Waals surface area contributed by atoms with Crippen molar-refractivity contribution in [3.8, 4) is 16.3 Å². The minimum absolute atomic E-state index is 0.0827. The molecular weight excluding hydrogens is 468 g/mol. The molecule has 0 radical (unpaired) electrons. The number of nitrogens with one attached hydrogen (secondary N) is 2. The van der Waals surface area contributed by atoms with Gasteiger partial charge in [-0.3, -0.25) is 4.79 Å². The fourth-order valence-electron chi connectivity index (χ4n) is 3.50. The number of hydrogen-bond donors (Lipinski definition) is 2. The SMILES string of the molecule is CC(C)NS(=O)(=O)Cc1ccc(CNC(=O)c2cn(-c3ccccc3)nc2-c2cccs2)cc1. The minimum atomic E-state index is -3.38. The van der Waals surface area contributed by atoms with E-state index in [1.807, 2.05) is 60.0 Å². The lowest BCUT2D eigenvalue weighted by atomic mass is 10.1. The molecule has 9 heteroatoms. The molecular formula is C25H26N4O3S2. The van der Waals surface area contributed by atoms with Gasteiger partial charge in [-0.15, -0.1) is 11.3 Å². The summed E-state index contributed by atoms with van der Waals surface area (Å²) in [4.78, 5) is 14.0. The Hall–Kier alpha value is -3.27. The third kappa shape index (κ3) is 5.99. The molecule has 7 nitrogen and oxygen atoms in total. The number of amides is 1. The smallest absolute Gasteiger partial charge is 0.255 e. The molecule has 0 bridgehead atoms. The first-order valence-electron chi connectivity index (χ1n) is 10.9. The highest BCUT2D eigenvalue weighted by Gasteiger charge is 2.19. The van der Waals surface area contributed by atoms with E-state index in [-0.39, 0.29) is 17.7 Å². The molecule has 4 aromatic rings. The Labute approximate surface area is 203 Å². The fourth-order valence-corrected chi connectivity index (χ4v) is 5.66. The maximum Gasteiger partial charge on any atom is 0.255 e. The number of carbonyl (C=O) groups is 1. The highest BCUT2D eigenvalue weighted by molar-refractivity contribution is 7.88. The van der Waals surface area contributed by atoms with Crippen LogP contribution in [0.4, 0.5) is 0 Å². The summed E-state index contributed by atoms with van der Waals surface area (Å²) in [7, 11) is -3.38. The van der Waals surface area contributed by atoms with Crippen LogP contribution in [0.2, 0.25) is 0 Å². The number of thiophene rings is 1. The molecule has 0 aliphatic heterocycles. The normalized spacial score (nSPS) is 11.6. The number of aromatic nitrogens is 2. The van der Waals surface area contributed by atoms with Gasteiger partial charge >= 0.3 is 0 Å². The summed E-state index contributed by atoms with van der Waals surface area (Å²) in [6.07, 6.45) is 1.75. The summed E-state index contributed by atoms with van der Waals surface area (Å²) in [5, 5.41) is 9.58. The molecule has 34 heavy (non-hydrogen) atoms. The van der Waals surface area contributed by atoms with E-state index in [0.717, 1.165) is 16.1 Å². The average molecular weight is 495 g/mol. The highest BCUT2D eigenvalue weighted by Crippen LogP contribution is 2.27. The predicted molar refractivity (Wildman–Crippen MR) is 135 cm³/mol. The van der Waals surface area contributed by atoms with Gasteiger partial charge in [0, 0.05) is 18.8 Å². The molecule has 2 aromatic carbocycles. The van der Waals surface area contributed by atoms with Gasteiger partial charge in [-0.2, -0.15) is 5.10 Å². The highest BCUT2D eigenvalue weighted by atomic mass is 32.2. The van der Waals surface area contributed by atoms with Crippen LogP contribution in [0.15, 0.2) is 78.3 Å². The number of para-hydroxylation sites is 1. The zero-order valence-electron chi connectivity index (χ0n) is 18.9. The Morgan fingerprint density at radius 3 is 2.35 bits per heavy atom. The third-order valence-electron chi connectivity index (χ3n) is 4.98. The third-order valence-corrected chi connectivity index (χ3v) is 7.40. The van der Waals surface area contributed by atoms with Crippen molar-refractivity contribution in [2.45, 2.75) is 32.2 Å². The Bertz CT molecular complexity index is 1350. The van der Waals surface area contributed by atoms with Crippen LogP contribution in [-0.4, -0.2) is 30.1 Å². The molecule has 0 saturated carbocycles. The molecule has 0 aliphatic carbocycles. The molecule has 0 fully saturated rings. The van der Waals surface area contributed by atoms with Gasteiger partial charge in [0.1, 0.15) is 5.69 Å². The van der Waals surface area contributed by atoms with Crippen molar-refractivity contribution in [1.82, 2.24) is 19.8 Å². The van der Waals surface area contributed by atoms with Crippen molar-refractivity contribution in [2.24, 2.45) is 0 Å². The van der Waals surface area contributed by atoms with Crippen LogP contribution in [-0.2, 0) is 22.3 Å². The standard InChI is InChI=1S/C25H26N4O3S2/c1-18(2)28-34(31,32)17-20-12-10-19(11-13-20)15-26-25(30)22-16-29(21-7-4-3-5-8-21)27-24(22)23-9-6-14-33-23/h3-14,16,18,28H,15,17H2,1-2H3,(H,26,30). The van der Waals surface area contributed by atoms with Crippen LogP contribution >= 0.6 is 11.3 Å². The lowest BCUT2D eigenvalue weighted by Gasteiger charge is -2.10. The Balaban J connectivity index is 1.47. The first-order chi connectivity index (χ1) is 16.3. The van der Waals surface area contributed by atoms with Crippen molar-refractivity contribution in [2.75, 3.05) is 0 Å². The van der Waals surface area contributed by atoms with Gasteiger partial charge in [-0.1, -0.05) is 48.5 Å². The van der Waals surface area contributed by atoms with Crippen LogP contribution in [0, 0.1) is 0 Å². The first-order valence-corrected chi connectivity index (χ1v) is 13.4. The summed E-state index contributed by atoms with van der Waals surface area (Å²) in [6.45, 7) is 3.89. The van der Waals surface area contributed by atoms with Gasteiger partial charge < -0.3 is 5.32 Å². The van der Waals surface area contributed by atoms with E-state index in [1.54, 1.807) is 36.9 Å². The van der Waals surface area contributed by atoms with Crippen LogP contribution in [0.3, 0.4) is 0 Å². The molecule has 0 saturated heterocycles. The fraction of sp³-hybridized carbons (Fsp3) is 0.200. The maximum atomic E-state index is 13.1. The van der Waals surface area contributed by atoms with Crippen molar-refractivity contribution < 1.29 is 13.2 Å². The van der Waals surface area contributed by atoms with Crippen molar-refractivity contribution >= 4 is 27.3 Å². The van der Waals surface area contributed by atoms with E-state index in [1.165, 1.54) is 11.3 Å². The van der Waals surface area contributed by atoms with Crippen LogP contribution in [0.5, 0.6) is 0 Å². The molecule has 0 unspecified atom stereocenters. The monoisotopic (exact) mass is 494 g/mol. The molecule has 2 N–H and O–H groups in total. The number of hydrogen-bond acceptors (Lipinski definition) is 5. The van der Waals surface area contributed by atoms with Gasteiger partial charge in [-0.25, -0.2) is 17.8 Å². The van der Waals surface area contributed by atoms with Crippen molar-refractivity contribution in [3.05, 3.63) is 95.0 Å². The lowest BCUT2D eigenvalue weighted by molar-refractivity contribution is 0.0951. The molecule has 4 rings (SSSR count). The molecule has 2 heterocycles. The van der Waals surface area contributed by atoms with Crippen LogP contribution in [0.25, 0.3) is 16.3 Å². The lowest BCUT2D eigenvalue weighted by Crippen LogP contribution is -2.31. The second-order valence-electron chi connectivity index (χ2n) is 8.18. The van der Waals surface area contributed by atoms with E-state index < -0.39 is 10.0 Å². The van der Waals surface area contributed by atoms with E-state index >= 15 is 0 Å². The first kappa shape index (κ1) is 23.9. The van der Waals surface area contributed by atoms with Gasteiger partial charge in [0.2, 0.25) is 10.0 Å². The summed E-state index contributed by atoms with van der Waals surface area (Å²) in [5.74, 6) is -0.306. The Kier molecular flexibility index (Phi) is 7.26. The predicted octanol–water partition coefficient (Wildman–Crippen LogP) is 4.36. The maximum absolute atomic E-state index is 13.1. The number of benzene rings is 2. The van der Waals surface area contributed by atoms with Gasteiger partial charge in [0.05, 0.1) is 21.9 Å². The van der Waals surface area contributed by atoms with E-state index in [9.17, 15) is 13.2 Å².